The van der Waals surface area contributed by atoms with Crippen molar-refractivity contribution in [2.75, 3.05) is 31.2 Å². The number of rotatable bonds is 2. The average molecular weight is 469 g/mol. The van der Waals surface area contributed by atoms with Crippen molar-refractivity contribution >= 4 is 17.3 Å². The quantitative estimate of drug-likeness (QED) is 0.557. The van der Waals surface area contributed by atoms with Crippen molar-refractivity contribution in [1.82, 2.24) is 9.97 Å². The number of hydrogen-bond acceptors (Lipinski definition) is 7. The summed E-state index contributed by atoms with van der Waals surface area (Å²) in [6.07, 6.45) is 3.11. The maximum atomic E-state index is 14.2. The molecular formula is C24H22F3N5O2. The lowest BCUT2D eigenvalue weighted by Crippen LogP contribution is -2.25. The van der Waals surface area contributed by atoms with E-state index in [2.05, 4.69) is 15.0 Å². The molecule has 0 aliphatic carbocycles. The number of halogens is 3. The number of hydrogen-bond donors (Lipinski definition) is 1. The van der Waals surface area contributed by atoms with Crippen molar-refractivity contribution in [1.29, 1.82) is 0 Å². The first-order chi connectivity index (χ1) is 16.4. The summed E-state index contributed by atoms with van der Waals surface area (Å²) >= 11 is 0. The lowest BCUT2D eigenvalue weighted by atomic mass is 10.0. The van der Waals surface area contributed by atoms with Gasteiger partial charge in [-0.15, -0.1) is 0 Å². The third-order valence-corrected chi connectivity index (χ3v) is 5.71. The Bertz CT molecular complexity index is 1250. The molecule has 2 aliphatic heterocycles. The minimum absolute atomic E-state index is 0.0884. The van der Waals surface area contributed by atoms with E-state index in [4.69, 9.17) is 15.2 Å². The fraction of sp³-hybridized carbons (Fsp3) is 0.292. The summed E-state index contributed by atoms with van der Waals surface area (Å²) < 4.78 is 53.4. The molecule has 7 nitrogen and oxygen atoms in total. The first-order valence-corrected chi connectivity index (χ1v) is 10.8. The molecule has 3 aromatic rings. The van der Waals surface area contributed by atoms with E-state index in [0.29, 0.717) is 47.2 Å². The number of nitrogens with two attached hydrogens (primary N) is 1. The van der Waals surface area contributed by atoms with Gasteiger partial charge in [0.1, 0.15) is 29.7 Å². The van der Waals surface area contributed by atoms with Gasteiger partial charge in [-0.2, -0.15) is 4.39 Å². The SMILES string of the molecule is NC1=Nc2cc(N3CCC(F)(F)C3)ncc2Oc2ccc(-c3cccnc3F)cc2CCOC1. The number of anilines is 1. The number of ether oxygens (including phenoxy) is 2. The summed E-state index contributed by atoms with van der Waals surface area (Å²) in [5.74, 6) is -1.88. The fourth-order valence-corrected chi connectivity index (χ4v) is 4.00. The highest BCUT2D eigenvalue weighted by atomic mass is 19.3. The zero-order chi connectivity index (χ0) is 23.7. The number of alkyl halides is 2. The number of nitrogens with zero attached hydrogens (tertiary/aromatic N) is 4. The topological polar surface area (TPSA) is 85.9 Å². The van der Waals surface area contributed by atoms with E-state index in [1.54, 1.807) is 30.3 Å². The second-order valence-electron chi connectivity index (χ2n) is 8.21. The van der Waals surface area contributed by atoms with Crippen molar-refractivity contribution < 1.29 is 22.6 Å². The van der Waals surface area contributed by atoms with Gasteiger partial charge in [-0.1, -0.05) is 6.07 Å². The maximum Gasteiger partial charge on any atom is 0.266 e. The monoisotopic (exact) mass is 469 g/mol. The van der Waals surface area contributed by atoms with E-state index in [0.717, 1.165) is 5.56 Å². The fourth-order valence-electron chi connectivity index (χ4n) is 4.00. The summed E-state index contributed by atoms with van der Waals surface area (Å²) in [5, 5.41) is 0. The molecule has 1 fully saturated rings. The first-order valence-electron chi connectivity index (χ1n) is 10.8. The summed E-state index contributed by atoms with van der Waals surface area (Å²) in [6, 6.07) is 10.2. The Hall–Kier alpha value is -3.66. The van der Waals surface area contributed by atoms with Crippen molar-refractivity contribution in [3.05, 3.63) is 60.3 Å². The molecule has 5 rings (SSSR count). The van der Waals surface area contributed by atoms with Crippen LogP contribution in [-0.4, -0.2) is 48.0 Å². The van der Waals surface area contributed by atoms with Gasteiger partial charge in [0.15, 0.2) is 5.75 Å². The minimum Gasteiger partial charge on any atom is -0.453 e. The Morgan fingerprint density at radius 1 is 1.09 bits per heavy atom. The van der Waals surface area contributed by atoms with E-state index in [-0.39, 0.29) is 25.4 Å². The number of pyridine rings is 2. The van der Waals surface area contributed by atoms with Crippen LogP contribution in [0.1, 0.15) is 12.0 Å². The van der Waals surface area contributed by atoms with Gasteiger partial charge < -0.3 is 20.1 Å². The predicted molar refractivity (Wildman–Crippen MR) is 122 cm³/mol. The number of fused-ring (bicyclic) bond motifs is 2. The number of amidine groups is 1. The summed E-state index contributed by atoms with van der Waals surface area (Å²) in [5.41, 5.74) is 8.20. The molecule has 0 radical (unpaired) electrons. The van der Waals surface area contributed by atoms with E-state index < -0.39 is 18.4 Å². The first kappa shape index (κ1) is 22.1. The zero-order valence-corrected chi connectivity index (χ0v) is 18.2. The Kier molecular flexibility index (Phi) is 5.82. The van der Waals surface area contributed by atoms with Crippen LogP contribution in [-0.2, 0) is 11.2 Å². The van der Waals surface area contributed by atoms with Gasteiger partial charge in [0.2, 0.25) is 5.95 Å². The maximum absolute atomic E-state index is 14.2. The van der Waals surface area contributed by atoms with Crippen LogP contribution in [0.5, 0.6) is 11.5 Å². The van der Waals surface area contributed by atoms with Crippen LogP contribution in [0.3, 0.4) is 0 Å². The molecule has 2 N–H and O–H groups in total. The molecule has 34 heavy (non-hydrogen) atoms. The second kappa shape index (κ2) is 8.94. The van der Waals surface area contributed by atoms with Crippen molar-refractivity contribution in [3.8, 4) is 22.6 Å². The molecule has 0 amide bonds. The molecule has 1 saturated heterocycles. The van der Waals surface area contributed by atoms with Crippen LogP contribution in [0, 0.1) is 5.95 Å². The molecule has 0 atom stereocenters. The lowest BCUT2D eigenvalue weighted by Gasteiger charge is -2.19. The Morgan fingerprint density at radius 2 is 1.97 bits per heavy atom. The van der Waals surface area contributed by atoms with Crippen LogP contribution in [0.15, 0.2) is 53.8 Å². The molecule has 2 aromatic heterocycles. The van der Waals surface area contributed by atoms with E-state index in [1.807, 2.05) is 6.07 Å². The van der Waals surface area contributed by atoms with Crippen molar-refractivity contribution in [3.63, 3.8) is 0 Å². The van der Waals surface area contributed by atoms with E-state index >= 15 is 0 Å². The van der Waals surface area contributed by atoms with Gasteiger partial charge in [0.25, 0.3) is 5.92 Å². The Morgan fingerprint density at radius 3 is 2.76 bits per heavy atom. The van der Waals surface area contributed by atoms with Crippen LogP contribution in [0.4, 0.5) is 24.7 Å². The van der Waals surface area contributed by atoms with E-state index in [1.165, 1.54) is 17.3 Å². The Labute approximate surface area is 194 Å². The molecule has 176 valence electrons. The third-order valence-electron chi connectivity index (χ3n) is 5.71. The molecule has 0 saturated carbocycles. The van der Waals surface area contributed by atoms with Gasteiger partial charge in [-0.05, 0) is 41.8 Å². The van der Waals surface area contributed by atoms with E-state index in [9.17, 15) is 13.2 Å². The third kappa shape index (κ3) is 4.67. The highest BCUT2D eigenvalue weighted by Crippen LogP contribution is 2.38. The largest absolute Gasteiger partial charge is 0.453 e. The molecule has 4 heterocycles. The number of aromatic nitrogens is 2. The predicted octanol–water partition coefficient (Wildman–Crippen LogP) is 4.48. The normalized spacial score (nSPS) is 17.7. The van der Waals surface area contributed by atoms with Gasteiger partial charge in [0.05, 0.1) is 19.3 Å². The van der Waals surface area contributed by atoms with Crippen LogP contribution < -0.4 is 15.4 Å². The number of benzene rings is 1. The highest BCUT2D eigenvalue weighted by Gasteiger charge is 2.39. The standard InChI is InChI=1S/C24H22F3N5O2/c25-23-17(2-1-7-29-23)15-3-4-19-16(10-15)5-9-33-13-21(28)31-18-11-22(30-12-20(18)34-19)32-8-6-24(26,27)14-32/h1-4,7,10-12H,5-6,8-9,13-14H2,(H2,28,31). The molecular weight excluding hydrogens is 447 g/mol. The van der Waals surface area contributed by atoms with Gasteiger partial charge >= 0.3 is 0 Å². The van der Waals surface area contributed by atoms with Crippen LogP contribution in [0.25, 0.3) is 11.1 Å². The summed E-state index contributed by atoms with van der Waals surface area (Å²) in [7, 11) is 0. The molecule has 10 heteroatoms. The molecule has 0 unspecified atom stereocenters. The van der Waals surface area contributed by atoms with Crippen LogP contribution >= 0.6 is 0 Å². The summed E-state index contributed by atoms with van der Waals surface area (Å²) in [6.45, 7) is 0.219. The minimum atomic E-state index is -2.75. The smallest absolute Gasteiger partial charge is 0.266 e. The number of aliphatic imine (C=N–C) groups is 1. The molecule has 2 aliphatic rings. The van der Waals surface area contributed by atoms with Crippen molar-refractivity contribution in [2.45, 2.75) is 18.8 Å². The van der Waals surface area contributed by atoms with Gasteiger partial charge in [-0.3, -0.25) is 0 Å². The average Bonchev–Trinajstić information content (AvgIpc) is 3.17. The van der Waals surface area contributed by atoms with Gasteiger partial charge in [0, 0.05) is 30.8 Å². The van der Waals surface area contributed by atoms with Crippen LogP contribution in [0.2, 0.25) is 0 Å². The Balaban J connectivity index is 1.52. The van der Waals surface area contributed by atoms with Gasteiger partial charge in [-0.25, -0.2) is 23.7 Å². The molecule has 0 spiro atoms. The zero-order valence-electron chi connectivity index (χ0n) is 18.2. The second-order valence-corrected chi connectivity index (χ2v) is 8.21. The molecule has 0 bridgehead atoms. The van der Waals surface area contributed by atoms with Crippen molar-refractivity contribution in [2.24, 2.45) is 10.7 Å². The molecule has 1 aromatic carbocycles. The lowest BCUT2D eigenvalue weighted by molar-refractivity contribution is 0.0256. The summed E-state index contributed by atoms with van der Waals surface area (Å²) in [4.78, 5) is 14.0. The highest BCUT2D eigenvalue weighted by molar-refractivity contribution is 5.85.